The molecule has 1 N–H and O–H groups in total. The summed E-state index contributed by atoms with van der Waals surface area (Å²) >= 11 is 5.84. The Kier molecular flexibility index (Phi) is 6.76. The average Bonchev–Trinajstić information content (AvgIpc) is 2.35. The van der Waals surface area contributed by atoms with Crippen LogP contribution in [0.4, 0.5) is 0 Å². The van der Waals surface area contributed by atoms with Crippen molar-refractivity contribution in [1.82, 2.24) is 4.90 Å². The van der Waals surface area contributed by atoms with Crippen LogP contribution in [0.15, 0.2) is 24.3 Å². The third-order valence-electron chi connectivity index (χ3n) is 2.79. The fourth-order valence-electron chi connectivity index (χ4n) is 1.75. The molecule has 0 bridgehead atoms. The van der Waals surface area contributed by atoms with E-state index in [1.54, 1.807) is 0 Å². The van der Waals surface area contributed by atoms with Gasteiger partial charge in [0.05, 0.1) is 6.42 Å². The highest BCUT2D eigenvalue weighted by molar-refractivity contribution is 6.30. The first-order valence-electron chi connectivity index (χ1n) is 6.30. The third-order valence-corrected chi connectivity index (χ3v) is 3.04. The van der Waals surface area contributed by atoms with Crippen LogP contribution in [0.2, 0.25) is 5.02 Å². The molecule has 18 heavy (non-hydrogen) atoms. The zero-order valence-electron chi connectivity index (χ0n) is 10.7. The molecule has 0 aliphatic heterocycles. The fourth-order valence-corrected chi connectivity index (χ4v) is 1.88. The van der Waals surface area contributed by atoms with E-state index in [4.69, 9.17) is 16.7 Å². The van der Waals surface area contributed by atoms with E-state index in [9.17, 15) is 4.79 Å². The first kappa shape index (κ1) is 15.0. The molecule has 0 fully saturated rings. The van der Waals surface area contributed by atoms with Crippen LogP contribution in [-0.4, -0.2) is 29.1 Å². The van der Waals surface area contributed by atoms with E-state index < -0.39 is 5.97 Å². The maximum Gasteiger partial charge on any atom is 0.304 e. The van der Waals surface area contributed by atoms with Crippen molar-refractivity contribution in [3.8, 4) is 0 Å². The van der Waals surface area contributed by atoms with E-state index in [0.717, 1.165) is 31.0 Å². The molecule has 0 unspecified atom stereocenters. The van der Waals surface area contributed by atoms with Gasteiger partial charge in [0.1, 0.15) is 0 Å². The normalized spacial score (nSPS) is 10.8. The van der Waals surface area contributed by atoms with Gasteiger partial charge in [0.15, 0.2) is 0 Å². The van der Waals surface area contributed by atoms with Crippen LogP contribution in [0.5, 0.6) is 0 Å². The van der Waals surface area contributed by atoms with Crippen molar-refractivity contribution in [2.45, 2.75) is 32.7 Å². The van der Waals surface area contributed by atoms with Gasteiger partial charge in [-0.1, -0.05) is 37.1 Å². The Morgan fingerprint density at radius 2 is 1.94 bits per heavy atom. The number of hydrogen-bond acceptors (Lipinski definition) is 2. The number of carboxylic acids is 1. The van der Waals surface area contributed by atoms with Gasteiger partial charge in [0.25, 0.3) is 0 Å². The molecule has 0 radical (unpaired) electrons. The molecule has 0 saturated heterocycles. The number of nitrogens with zero attached hydrogens (tertiary/aromatic N) is 1. The van der Waals surface area contributed by atoms with Gasteiger partial charge in [-0.05, 0) is 30.7 Å². The monoisotopic (exact) mass is 269 g/mol. The lowest BCUT2D eigenvalue weighted by atomic mass is 10.2. The van der Waals surface area contributed by atoms with E-state index in [0.29, 0.717) is 6.54 Å². The second kappa shape index (κ2) is 8.11. The van der Waals surface area contributed by atoms with E-state index in [-0.39, 0.29) is 6.42 Å². The summed E-state index contributed by atoms with van der Waals surface area (Å²) in [7, 11) is 0. The van der Waals surface area contributed by atoms with E-state index >= 15 is 0 Å². The van der Waals surface area contributed by atoms with E-state index in [1.807, 2.05) is 24.3 Å². The van der Waals surface area contributed by atoms with Gasteiger partial charge < -0.3 is 5.11 Å². The molecule has 1 aromatic carbocycles. The van der Waals surface area contributed by atoms with Crippen molar-refractivity contribution in [2.75, 3.05) is 13.1 Å². The zero-order chi connectivity index (χ0) is 13.4. The molecule has 0 aromatic heterocycles. The van der Waals surface area contributed by atoms with Crippen LogP contribution in [0.25, 0.3) is 0 Å². The summed E-state index contributed by atoms with van der Waals surface area (Å²) in [5.41, 5.74) is 1.17. The van der Waals surface area contributed by atoms with Gasteiger partial charge in [-0.2, -0.15) is 0 Å². The Morgan fingerprint density at radius 1 is 1.28 bits per heavy atom. The highest BCUT2D eigenvalue weighted by Gasteiger charge is 2.08. The Bertz CT molecular complexity index is 365. The van der Waals surface area contributed by atoms with Crippen molar-refractivity contribution in [3.05, 3.63) is 34.9 Å². The number of rotatable bonds is 8. The first-order valence-corrected chi connectivity index (χ1v) is 6.68. The second-order valence-electron chi connectivity index (χ2n) is 4.40. The molecular formula is C14H20ClNO2. The van der Waals surface area contributed by atoms with Crippen molar-refractivity contribution in [2.24, 2.45) is 0 Å². The number of halogens is 1. The summed E-state index contributed by atoms with van der Waals surface area (Å²) in [4.78, 5) is 12.8. The van der Waals surface area contributed by atoms with Crippen LogP contribution in [0.3, 0.4) is 0 Å². The smallest absolute Gasteiger partial charge is 0.304 e. The zero-order valence-corrected chi connectivity index (χ0v) is 11.5. The van der Waals surface area contributed by atoms with Crippen LogP contribution < -0.4 is 0 Å². The van der Waals surface area contributed by atoms with Crippen molar-refractivity contribution in [1.29, 1.82) is 0 Å². The summed E-state index contributed by atoms with van der Waals surface area (Å²) in [5.74, 6) is -0.743. The van der Waals surface area contributed by atoms with Gasteiger partial charge in [-0.3, -0.25) is 9.69 Å². The molecule has 0 heterocycles. The molecule has 1 aromatic rings. The Balaban J connectivity index is 2.53. The maximum absolute atomic E-state index is 10.6. The predicted molar refractivity (Wildman–Crippen MR) is 73.9 cm³/mol. The maximum atomic E-state index is 10.6. The van der Waals surface area contributed by atoms with Crippen LogP contribution in [0, 0.1) is 0 Å². The Hall–Kier alpha value is -1.06. The summed E-state index contributed by atoms with van der Waals surface area (Å²) in [6.45, 7) is 4.45. The molecular weight excluding hydrogens is 250 g/mol. The lowest BCUT2D eigenvalue weighted by molar-refractivity contribution is -0.137. The molecule has 100 valence electrons. The number of carbonyl (C=O) groups is 1. The van der Waals surface area contributed by atoms with Crippen molar-refractivity contribution < 1.29 is 9.90 Å². The lowest BCUT2D eigenvalue weighted by Crippen LogP contribution is -2.27. The van der Waals surface area contributed by atoms with Gasteiger partial charge in [-0.25, -0.2) is 0 Å². The van der Waals surface area contributed by atoms with E-state index in [1.165, 1.54) is 5.56 Å². The molecule has 0 amide bonds. The first-order chi connectivity index (χ1) is 8.61. The number of carboxylic acid groups (broad SMARTS) is 1. The van der Waals surface area contributed by atoms with Crippen molar-refractivity contribution >= 4 is 17.6 Å². The number of unbranched alkanes of at least 4 members (excludes halogenated alkanes) is 1. The fraction of sp³-hybridized carbons (Fsp3) is 0.500. The minimum Gasteiger partial charge on any atom is -0.481 e. The molecule has 0 atom stereocenters. The standard InChI is InChI=1S/C14H20ClNO2/c1-2-3-9-16(10-8-14(17)18)11-12-4-6-13(15)7-5-12/h4-7H,2-3,8-11H2,1H3,(H,17,18). The average molecular weight is 270 g/mol. The third kappa shape index (κ3) is 6.03. The Morgan fingerprint density at radius 3 is 2.50 bits per heavy atom. The molecule has 0 saturated carbocycles. The molecule has 1 rings (SSSR count). The van der Waals surface area contributed by atoms with Crippen LogP contribution in [0.1, 0.15) is 31.7 Å². The highest BCUT2D eigenvalue weighted by atomic mass is 35.5. The number of aliphatic carboxylic acids is 1. The van der Waals surface area contributed by atoms with Gasteiger partial charge in [-0.15, -0.1) is 0 Å². The molecule has 4 heteroatoms. The number of benzene rings is 1. The molecule has 3 nitrogen and oxygen atoms in total. The highest BCUT2D eigenvalue weighted by Crippen LogP contribution is 2.12. The minimum absolute atomic E-state index is 0.192. The summed E-state index contributed by atoms with van der Waals surface area (Å²) < 4.78 is 0. The summed E-state index contributed by atoms with van der Waals surface area (Å²) in [5, 5.41) is 9.47. The van der Waals surface area contributed by atoms with Crippen molar-refractivity contribution in [3.63, 3.8) is 0 Å². The van der Waals surface area contributed by atoms with Crippen LogP contribution in [-0.2, 0) is 11.3 Å². The topological polar surface area (TPSA) is 40.5 Å². The van der Waals surface area contributed by atoms with Crippen LogP contribution >= 0.6 is 11.6 Å². The largest absolute Gasteiger partial charge is 0.481 e. The quantitative estimate of drug-likeness (QED) is 0.786. The lowest BCUT2D eigenvalue weighted by Gasteiger charge is -2.21. The summed E-state index contributed by atoms with van der Waals surface area (Å²) in [6, 6.07) is 7.71. The van der Waals surface area contributed by atoms with Gasteiger partial charge in [0, 0.05) is 18.1 Å². The van der Waals surface area contributed by atoms with Gasteiger partial charge >= 0.3 is 5.97 Å². The Labute approximate surface area is 113 Å². The SMILES string of the molecule is CCCCN(CCC(=O)O)Cc1ccc(Cl)cc1. The minimum atomic E-state index is -0.743. The molecule has 0 spiro atoms. The number of hydrogen-bond donors (Lipinski definition) is 1. The summed E-state index contributed by atoms with van der Waals surface area (Å²) in [6.07, 6.45) is 2.40. The molecule has 0 aliphatic carbocycles. The second-order valence-corrected chi connectivity index (χ2v) is 4.84. The van der Waals surface area contributed by atoms with Gasteiger partial charge in [0.2, 0.25) is 0 Å². The molecule has 0 aliphatic rings. The predicted octanol–water partition coefficient (Wildman–Crippen LogP) is 3.42. The van der Waals surface area contributed by atoms with E-state index in [2.05, 4.69) is 11.8 Å².